The Hall–Kier alpha value is -2.19. The maximum Gasteiger partial charge on any atom is 0.340 e. The largest absolute Gasteiger partial charge is 0.508 e. The molecule has 1 amide bonds. The number of hydrogen-bond acceptors (Lipinski definition) is 5. The minimum atomic E-state index is -5.16. The first-order valence-corrected chi connectivity index (χ1v) is 14.6. The maximum atomic E-state index is 12.7. The van der Waals surface area contributed by atoms with Crippen molar-refractivity contribution in [3.05, 3.63) is 53.6 Å². The summed E-state index contributed by atoms with van der Waals surface area (Å²) in [5.74, 6) is -1.84. The Morgan fingerprint density at radius 3 is 1.83 bits per heavy atom. The van der Waals surface area contributed by atoms with Crippen LogP contribution >= 0.6 is 15.2 Å². The minimum Gasteiger partial charge on any atom is -0.508 e. The average Bonchev–Trinajstić information content (AvgIpc) is 2.76. The van der Waals surface area contributed by atoms with Gasteiger partial charge in [0.2, 0.25) is 5.91 Å². The number of aromatic hydroxyl groups is 2. The van der Waals surface area contributed by atoms with Crippen molar-refractivity contribution in [2.75, 3.05) is 5.32 Å². The summed E-state index contributed by atoms with van der Waals surface area (Å²) >= 11 is 0. The number of anilines is 1. The van der Waals surface area contributed by atoms with Crippen molar-refractivity contribution in [3.8, 4) is 11.5 Å². The summed E-state index contributed by atoms with van der Waals surface area (Å²) in [4.78, 5) is 50.0. The second-order valence-corrected chi connectivity index (χ2v) is 12.7. The van der Waals surface area contributed by atoms with Crippen LogP contribution in [0.25, 0.3) is 0 Å². The van der Waals surface area contributed by atoms with E-state index in [0.717, 1.165) is 24.0 Å². The van der Waals surface area contributed by atoms with E-state index in [1.165, 1.54) is 13.0 Å². The monoisotopic (exact) mass is 529 g/mol. The molecule has 0 aliphatic heterocycles. The Bertz CT molecular complexity index is 1090. The summed E-state index contributed by atoms with van der Waals surface area (Å²) in [5, 5.41) is 20.1. The van der Waals surface area contributed by atoms with E-state index in [9.17, 15) is 43.7 Å². The number of hydrogen-bond donors (Lipinski definition) is 7. The highest BCUT2D eigenvalue weighted by molar-refractivity contribution is 7.70. The molecule has 2 rings (SSSR count). The fourth-order valence-electron chi connectivity index (χ4n) is 4.26. The molecule has 7 N–H and O–H groups in total. The van der Waals surface area contributed by atoms with E-state index in [4.69, 9.17) is 0 Å². The van der Waals surface area contributed by atoms with Crippen molar-refractivity contribution in [1.82, 2.24) is 0 Å². The van der Waals surface area contributed by atoms with Gasteiger partial charge < -0.3 is 35.1 Å². The van der Waals surface area contributed by atoms with Crippen molar-refractivity contribution < 1.29 is 43.7 Å². The molecule has 0 aliphatic rings. The molecule has 0 radical (unpaired) electrons. The number of amides is 1. The van der Waals surface area contributed by atoms with Crippen LogP contribution < -0.4 is 5.32 Å². The SMILES string of the molecule is CCC(c1ccc(O)cc1)C(CC)c1ccc(O)c(NC(=O)C(C)CC(P(=O)(O)O)P(=O)(O)O)c1. The first-order valence-electron chi connectivity index (χ1n) is 11.2. The zero-order chi connectivity index (χ0) is 26.6. The first kappa shape index (κ1) is 29.0. The molecule has 0 saturated carbocycles. The normalized spacial score (nSPS) is 15.0. The first-order chi connectivity index (χ1) is 16.2. The molecule has 0 bridgehead atoms. The van der Waals surface area contributed by atoms with Gasteiger partial charge in [0, 0.05) is 5.92 Å². The lowest BCUT2D eigenvalue weighted by Gasteiger charge is -2.27. The van der Waals surface area contributed by atoms with Gasteiger partial charge in [-0.1, -0.05) is 39.0 Å². The second-order valence-electron chi connectivity index (χ2n) is 8.68. The third-order valence-electron chi connectivity index (χ3n) is 6.18. The standard InChI is InChI=1S/C23H33NO9P2/c1-4-18(15-6-9-17(25)10-7-15)19(5-2)16-8-11-21(26)20(13-16)24-23(27)14(3)12-22(34(28,29)30)35(31,32)33/h6-11,13-14,18-19,22,25-26H,4-5,12H2,1-3H3,(H,24,27)(H2,28,29,30)(H2,31,32,33). The zero-order valence-corrected chi connectivity index (χ0v) is 21.6. The molecule has 10 nitrogen and oxygen atoms in total. The molecule has 12 heteroatoms. The molecule has 0 aromatic heterocycles. The molecule has 0 saturated heterocycles. The van der Waals surface area contributed by atoms with Crippen LogP contribution in [0.5, 0.6) is 11.5 Å². The minimum absolute atomic E-state index is 0.0203. The van der Waals surface area contributed by atoms with Crippen molar-refractivity contribution in [1.29, 1.82) is 0 Å². The molecule has 194 valence electrons. The summed E-state index contributed by atoms with van der Waals surface area (Å²) in [6, 6.07) is 11.8. The molecule has 35 heavy (non-hydrogen) atoms. The Morgan fingerprint density at radius 2 is 1.34 bits per heavy atom. The average molecular weight is 529 g/mol. The zero-order valence-electron chi connectivity index (χ0n) is 19.8. The lowest BCUT2D eigenvalue weighted by Crippen LogP contribution is -2.25. The summed E-state index contributed by atoms with van der Waals surface area (Å²) in [6.45, 7) is 5.36. The molecule has 0 spiro atoms. The smallest absolute Gasteiger partial charge is 0.340 e. The molecule has 3 atom stereocenters. The van der Waals surface area contributed by atoms with Gasteiger partial charge in [0.1, 0.15) is 11.5 Å². The summed E-state index contributed by atoms with van der Waals surface area (Å²) in [5.41, 5.74) is 1.96. The van der Waals surface area contributed by atoms with Gasteiger partial charge in [0.25, 0.3) is 0 Å². The topological polar surface area (TPSA) is 185 Å². The number of carbonyl (C=O) groups is 1. The van der Waals surface area contributed by atoms with Crippen LogP contribution in [0, 0.1) is 5.92 Å². The number of benzene rings is 2. The molecule has 0 aliphatic carbocycles. The number of phenolic OH excluding ortho intramolecular Hbond substituents is 2. The molecular weight excluding hydrogens is 496 g/mol. The third kappa shape index (κ3) is 7.64. The van der Waals surface area contributed by atoms with E-state index in [1.54, 1.807) is 24.3 Å². The fraction of sp³-hybridized carbons (Fsp3) is 0.435. The highest BCUT2D eigenvalue weighted by Gasteiger charge is 2.44. The van der Waals surface area contributed by atoms with Crippen LogP contribution in [-0.4, -0.2) is 41.1 Å². The summed E-state index contributed by atoms with van der Waals surface area (Å²) in [6.07, 6.45) is 0.812. The highest BCUT2D eigenvalue weighted by atomic mass is 31.2. The van der Waals surface area contributed by atoms with Crippen LogP contribution in [0.2, 0.25) is 0 Å². The summed E-state index contributed by atoms with van der Waals surface area (Å²) < 4.78 is 23.1. The van der Waals surface area contributed by atoms with Crippen LogP contribution in [0.3, 0.4) is 0 Å². The van der Waals surface area contributed by atoms with E-state index >= 15 is 0 Å². The Morgan fingerprint density at radius 1 is 0.857 bits per heavy atom. The van der Waals surface area contributed by atoms with E-state index < -0.39 is 38.8 Å². The van der Waals surface area contributed by atoms with Gasteiger partial charge in [-0.3, -0.25) is 13.9 Å². The van der Waals surface area contributed by atoms with Gasteiger partial charge in [-0.15, -0.1) is 0 Å². The van der Waals surface area contributed by atoms with E-state index in [-0.39, 0.29) is 29.0 Å². The van der Waals surface area contributed by atoms with E-state index in [2.05, 4.69) is 5.32 Å². The maximum absolute atomic E-state index is 12.7. The number of phenols is 2. The van der Waals surface area contributed by atoms with Crippen LogP contribution in [0.15, 0.2) is 42.5 Å². The predicted molar refractivity (Wildman–Crippen MR) is 133 cm³/mol. The summed E-state index contributed by atoms with van der Waals surface area (Å²) in [7, 11) is -10.3. The Kier molecular flexibility index (Phi) is 9.71. The van der Waals surface area contributed by atoms with Gasteiger partial charge >= 0.3 is 15.2 Å². The van der Waals surface area contributed by atoms with Gasteiger partial charge in [0.05, 0.1) is 5.69 Å². The van der Waals surface area contributed by atoms with Gasteiger partial charge in [-0.25, -0.2) is 0 Å². The molecule has 0 heterocycles. The lowest BCUT2D eigenvalue weighted by molar-refractivity contribution is -0.119. The van der Waals surface area contributed by atoms with Gasteiger partial charge in [0.15, 0.2) is 5.40 Å². The van der Waals surface area contributed by atoms with Crippen LogP contribution in [0.4, 0.5) is 5.69 Å². The highest BCUT2D eigenvalue weighted by Crippen LogP contribution is 2.62. The van der Waals surface area contributed by atoms with Crippen molar-refractivity contribution >= 4 is 26.8 Å². The Balaban J connectivity index is 2.29. The number of nitrogens with one attached hydrogen (secondary N) is 1. The molecule has 3 unspecified atom stereocenters. The van der Waals surface area contributed by atoms with Gasteiger partial charge in [-0.2, -0.15) is 0 Å². The van der Waals surface area contributed by atoms with Crippen molar-refractivity contribution in [2.24, 2.45) is 5.92 Å². The van der Waals surface area contributed by atoms with E-state index in [0.29, 0.717) is 0 Å². The van der Waals surface area contributed by atoms with Crippen molar-refractivity contribution in [3.63, 3.8) is 0 Å². The Labute approximate surface area is 204 Å². The van der Waals surface area contributed by atoms with Crippen LogP contribution in [0.1, 0.15) is 63.0 Å². The lowest BCUT2D eigenvalue weighted by atomic mass is 9.78. The molecule has 2 aromatic carbocycles. The number of rotatable bonds is 11. The third-order valence-corrected chi connectivity index (χ3v) is 9.96. The molecule has 2 aromatic rings. The molecule has 0 fully saturated rings. The quantitative estimate of drug-likeness (QED) is 0.163. The number of carbonyl (C=O) groups excluding carboxylic acids is 1. The molecular formula is C23H33NO9P2. The van der Waals surface area contributed by atoms with Crippen LogP contribution in [-0.2, 0) is 13.9 Å². The van der Waals surface area contributed by atoms with Crippen molar-refractivity contribution in [2.45, 2.75) is 57.3 Å². The second kappa shape index (κ2) is 11.7. The fourth-order valence-corrected chi connectivity index (χ4v) is 7.01. The predicted octanol–water partition coefficient (Wildman–Crippen LogP) is 4.43. The van der Waals surface area contributed by atoms with Gasteiger partial charge in [-0.05, 0) is 66.5 Å². The van der Waals surface area contributed by atoms with E-state index in [1.807, 2.05) is 26.0 Å².